The minimum absolute atomic E-state index is 0.154. The molecule has 0 bridgehead atoms. The summed E-state index contributed by atoms with van der Waals surface area (Å²) >= 11 is 0. The van der Waals surface area contributed by atoms with E-state index in [4.69, 9.17) is 9.47 Å². The molecule has 32 heavy (non-hydrogen) atoms. The normalized spacial score (nSPS) is 17.8. The summed E-state index contributed by atoms with van der Waals surface area (Å²) in [6.45, 7) is 2.87. The Bertz CT molecular complexity index is 1050. The number of hydrogen-bond donors (Lipinski definition) is 1. The summed E-state index contributed by atoms with van der Waals surface area (Å²) in [5.41, 5.74) is 0.591. The Hall–Kier alpha value is -3.80. The lowest BCUT2D eigenvalue weighted by molar-refractivity contribution is -0.131. The van der Waals surface area contributed by atoms with Crippen molar-refractivity contribution in [1.82, 2.24) is 10.2 Å². The molecule has 6 nitrogen and oxygen atoms in total. The predicted octanol–water partition coefficient (Wildman–Crippen LogP) is 4.15. The second-order valence-electron chi connectivity index (χ2n) is 7.57. The molecule has 0 aliphatic carbocycles. The summed E-state index contributed by atoms with van der Waals surface area (Å²) in [5.74, 6) is 1.15. The fourth-order valence-electron chi connectivity index (χ4n) is 3.92. The van der Waals surface area contributed by atoms with Crippen molar-refractivity contribution < 1.29 is 19.1 Å². The zero-order valence-electron chi connectivity index (χ0n) is 18.0. The number of nitrogens with one attached hydrogen (secondary N) is 1. The SMILES string of the molecule is CCOc1ccc(OCCN2C(=O)N[C@@](Cc3ccccc3)(c3ccccc3)C2=O)cc1. The van der Waals surface area contributed by atoms with Gasteiger partial charge in [0.05, 0.1) is 13.2 Å². The molecule has 1 aliphatic rings. The summed E-state index contributed by atoms with van der Waals surface area (Å²) in [6, 6.07) is 26.0. The highest BCUT2D eigenvalue weighted by Crippen LogP contribution is 2.33. The maximum absolute atomic E-state index is 13.6. The van der Waals surface area contributed by atoms with Crippen LogP contribution in [0.25, 0.3) is 0 Å². The van der Waals surface area contributed by atoms with Crippen molar-refractivity contribution in [2.75, 3.05) is 19.8 Å². The predicted molar refractivity (Wildman–Crippen MR) is 122 cm³/mol. The van der Waals surface area contributed by atoms with Crippen molar-refractivity contribution in [1.29, 1.82) is 0 Å². The molecule has 1 aliphatic heterocycles. The first-order valence-electron chi connectivity index (χ1n) is 10.7. The molecule has 0 radical (unpaired) electrons. The number of hydrogen-bond acceptors (Lipinski definition) is 4. The zero-order chi connectivity index (χ0) is 22.4. The molecule has 4 rings (SSSR count). The summed E-state index contributed by atoms with van der Waals surface area (Å²) < 4.78 is 11.2. The van der Waals surface area contributed by atoms with E-state index < -0.39 is 11.6 Å². The molecule has 0 saturated carbocycles. The number of nitrogens with zero attached hydrogens (tertiary/aromatic N) is 1. The van der Waals surface area contributed by atoms with Crippen molar-refractivity contribution in [2.45, 2.75) is 18.9 Å². The number of carbonyl (C=O) groups excluding carboxylic acids is 2. The van der Waals surface area contributed by atoms with Crippen LogP contribution in [-0.2, 0) is 16.8 Å². The van der Waals surface area contributed by atoms with Crippen LogP contribution in [-0.4, -0.2) is 36.6 Å². The zero-order valence-corrected chi connectivity index (χ0v) is 18.0. The van der Waals surface area contributed by atoms with Crippen LogP contribution in [0.15, 0.2) is 84.9 Å². The van der Waals surface area contributed by atoms with E-state index in [1.807, 2.05) is 79.7 Å². The fourth-order valence-corrected chi connectivity index (χ4v) is 3.92. The van der Waals surface area contributed by atoms with Gasteiger partial charge in [-0.3, -0.25) is 9.69 Å². The van der Waals surface area contributed by atoms with Crippen LogP contribution in [0.2, 0.25) is 0 Å². The van der Waals surface area contributed by atoms with Crippen LogP contribution < -0.4 is 14.8 Å². The van der Waals surface area contributed by atoms with Crippen molar-refractivity contribution in [2.24, 2.45) is 0 Å². The van der Waals surface area contributed by atoms with Crippen molar-refractivity contribution in [3.8, 4) is 11.5 Å². The lowest BCUT2D eigenvalue weighted by Crippen LogP contribution is -2.46. The third-order valence-corrected chi connectivity index (χ3v) is 5.47. The number of carbonyl (C=O) groups is 2. The molecule has 1 heterocycles. The monoisotopic (exact) mass is 430 g/mol. The maximum atomic E-state index is 13.6. The number of imide groups is 1. The second-order valence-corrected chi connectivity index (χ2v) is 7.57. The first-order valence-corrected chi connectivity index (χ1v) is 10.7. The number of ether oxygens (including phenoxy) is 2. The smallest absolute Gasteiger partial charge is 0.325 e. The summed E-state index contributed by atoms with van der Waals surface area (Å²) in [4.78, 5) is 27.7. The van der Waals surface area contributed by atoms with Gasteiger partial charge in [-0.25, -0.2) is 4.79 Å². The van der Waals surface area contributed by atoms with Gasteiger partial charge in [0.25, 0.3) is 5.91 Å². The highest BCUT2D eigenvalue weighted by atomic mass is 16.5. The Morgan fingerprint density at radius 2 is 1.41 bits per heavy atom. The van der Waals surface area contributed by atoms with Crippen molar-refractivity contribution in [3.05, 3.63) is 96.1 Å². The molecule has 164 valence electrons. The Morgan fingerprint density at radius 3 is 2.03 bits per heavy atom. The Kier molecular flexibility index (Phi) is 6.40. The number of benzene rings is 3. The summed E-state index contributed by atoms with van der Waals surface area (Å²) in [7, 11) is 0. The highest BCUT2D eigenvalue weighted by Gasteiger charge is 2.52. The molecular weight excluding hydrogens is 404 g/mol. The largest absolute Gasteiger partial charge is 0.494 e. The molecule has 1 N–H and O–H groups in total. The van der Waals surface area contributed by atoms with Gasteiger partial charge in [0.2, 0.25) is 0 Å². The Morgan fingerprint density at radius 1 is 0.812 bits per heavy atom. The summed E-state index contributed by atoms with van der Waals surface area (Å²) in [5, 5.41) is 2.97. The van der Waals surface area contributed by atoms with Crippen molar-refractivity contribution >= 4 is 11.9 Å². The van der Waals surface area contributed by atoms with Gasteiger partial charge in [-0.1, -0.05) is 60.7 Å². The van der Waals surface area contributed by atoms with Crippen LogP contribution in [0.3, 0.4) is 0 Å². The molecule has 0 aromatic heterocycles. The Labute approximate surface area is 187 Å². The van der Waals surface area contributed by atoms with Crippen LogP contribution >= 0.6 is 0 Å². The van der Waals surface area contributed by atoms with E-state index in [-0.39, 0.29) is 19.1 Å². The van der Waals surface area contributed by atoms with E-state index in [1.165, 1.54) is 4.90 Å². The minimum Gasteiger partial charge on any atom is -0.494 e. The first kappa shape index (κ1) is 21.4. The van der Waals surface area contributed by atoms with E-state index >= 15 is 0 Å². The maximum Gasteiger partial charge on any atom is 0.325 e. The number of urea groups is 1. The van der Waals surface area contributed by atoms with Crippen LogP contribution in [0, 0.1) is 0 Å². The highest BCUT2D eigenvalue weighted by molar-refractivity contribution is 6.07. The van der Waals surface area contributed by atoms with Crippen LogP contribution in [0.4, 0.5) is 4.79 Å². The molecule has 0 unspecified atom stereocenters. The lowest BCUT2D eigenvalue weighted by atomic mass is 9.83. The van der Waals surface area contributed by atoms with Gasteiger partial charge in [-0.2, -0.15) is 0 Å². The van der Waals surface area contributed by atoms with Crippen LogP contribution in [0.5, 0.6) is 11.5 Å². The minimum atomic E-state index is -1.14. The molecule has 3 aromatic rings. The standard InChI is InChI=1S/C26H26N2O4/c1-2-31-22-13-15-23(16-14-22)32-18-17-28-24(29)26(27-25(28)30,21-11-7-4-8-12-21)19-20-9-5-3-6-10-20/h3-16H,2,17-19H2,1H3,(H,27,30)/t26-/m0/s1. The lowest BCUT2D eigenvalue weighted by Gasteiger charge is -2.27. The van der Waals surface area contributed by atoms with Gasteiger partial charge in [0.1, 0.15) is 18.1 Å². The molecule has 6 heteroatoms. The molecule has 3 aromatic carbocycles. The topological polar surface area (TPSA) is 67.9 Å². The third-order valence-electron chi connectivity index (χ3n) is 5.47. The average Bonchev–Trinajstić information content (AvgIpc) is 3.06. The Balaban J connectivity index is 1.49. The summed E-state index contributed by atoms with van der Waals surface area (Å²) in [6.07, 6.45) is 0.374. The number of amides is 3. The second kappa shape index (κ2) is 9.56. The van der Waals surface area contributed by atoms with E-state index in [0.717, 1.165) is 16.9 Å². The third kappa shape index (κ3) is 4.44. The molecule has 3 amide bonds. The molecule has 0 spiro atoms. The van der Waals surface area contributed by atoms with Gasteiger partial charge < -0.3 is 14.8 Å². The quantitative estimate of drug-likeness (QED) is 0.518. The van der Waals surface area contributed by atoms with Gasteiger partial charge in [-0.15, -0.1) is 0 Å². The van der Waals surface area contributed by atoms with E-state index in [1.54, 1.807) is 12.1 Å². The fraction of sp³-hybridized carbons (Fsp3) is 0.231. The van der Waals surface area contributed by atoms with Gasteiger partial charge in [0.15, 0.2) is 5.54 Å². The molecule has 1 fully saturated rings. The van der Waals surface area contributed by atoms with Gasteiger partial charge in [-0.05, 0) is 42.3 Å². The molecular formula is C26H26N2O4. The van der Waals surface area contributed by atoms with E-state index in [0.29, 0.717) is 18.8 Å². The molecule has 1 atom stereocenters. The average molecular weight is 431 g/mol. The molecule has 1 saturated heterocycles. The van der Waals surface area contributed by atoms with E-state index in [2.05, 4.69) is 5.32 Å². The van der Waals surface area contributed by atoms with Gasteiger partial charge in [0, 0.05) is 6.42 Å². The first-order chi connectivity index (χ1) is 15.6. The van der Waals surface area contributed by atoms with E-state index in [9.17, 15) is 9.59 Å². The number of rotatable bonds is 9. The van der Waals surface area contributed by atoms with Gasteiger partial charge >= 0.3 is 6.03 Å². The van der Waals surface area contributed by atoms with Crippen LogP contribution in [0.1, 0.15) is 18.1 Å². The van der Waals surface area contributed by atoms with Crippen molar-refractivity contribution in [3.63, 3.8) is 0 Å².